The number of nitrogens with zero attached hydrogens (tertiary/aromatic N) is 3. The van der Waals surface area contributed by atoms with Crippen LogP contribution in [0, 0.1) is 0 Å². The summed E-state index contributed by atoms with van der Waals surface area (Å²) in [5, 5.41) is 10.4. The van der Waals surface area contributed by atoms with Gasteiger partial charge in [-0.2, -0.15) is 0 Å². The first-order valence-electron chi connectivity index (χ1n) is 10.6. The summed E-state index contributed by atoms with van der Waals surface area (Å²) >= 11 is 1.55. The number of rotatable bonds is 8. The standard InChI is InChI=1S/C25H31N3O2S/c1-6-17-14-20(15-18(7-2)22(17)29)21(8-3)23-24(30)28(13-12-27(4)5)25(31-23)19-10-9-11-26-16-19/h8-11,14-16,25,29H,3,6-7,12-13H2,1-2,4-5H3. The third kappa shape index (κ3) is 4.86. The summed E-state index contributed by atoms with van der Waals surface area (Å²) in [7, 11) is 4.02. The van der Waals surface area contributed by atoms with E-state index in [2.05, 4.69) is 16.5 Å². The van der Waals surface area contributed by atoms with Crippen LogP contribution in [0.3, 0.4) is 0 Å². The molecule has 164 valence electrons. The van der Waals surface area contributed by atoms with Crippen molar-refractivity contribution in [1.82, 2.24) is 14.8 Å². The summed E-state index contributed by atoms with van der Waals surface area (Å²) in [5.41, 5.74) is 4.53. The molecule has 0 spiro atoms. The van der Waals surface area contributed by atoms with Crippen LogP contribution in [0.4, 0.5) is 0 Å². The predicted octanol–water partition coefficient (Wildman–Crippen LogP) is 4.64. The van der Waals surface area contributed by atoms with Crippen LogP contribution < -0.4 is 0 Å². The Hall–Kier alpha value is -2.57. The molecule has 2 heterocycles. The Morgan fingerprint density at radius 1 is 1.29 bits per heavy atom. The smallest absolute Gasteiger partial charge is 0.262 e. The van der Waals surface area contributed by atoms with E-state index in [0.717, 1.165) is 47.2 Å². The molecule has 5 nitrogen and oxygen atoms in total. The van der Waals surface area contributed by atoms with Gasteiger partial charge in [-0.25, -0.2) is 0 Å². The molecule has 3 rings (SSSR count). The zero-order chi connectivity index (χ0) is 22.5. The molecule has 1 amide bonds. The van der Waals surface area contributed by atoms with E-state index in [1.54, 1.807) is 24.0 Å². The molecule has 1 N–H and O–H groups in total. The topological polar surface area (TPSA) is 56.7 Å². The highest BCUT2D eigenvalue weighted by atomic mass is 32.2. The van der Waals surface area contributed by atoms with E-state index in [-0.39, 0.29) is 11.3 Å². The maximum Gasteiger partial charge on any atom is 0.262 e. The lowest BCUT2D eigenvalue weighted by atomic mass is 9.96. The SMILES string of the molecule is C=CC(=C1SC(c2cccnc2)N(CCN(C)C)C1=O)c1cc(CC)c(O)c(CC)c1. The van der Waals surface area contributed by atoms with Crippen molar-refractivity contribution in [2.75, 3.05) is 27.2 Å². The minimum absolute atomic E-state index is 0.0137. The van der Waals surface area contributed by atoms with E-state index in [1.165, 1.54) is 0 Å². The molecular formula is C25H31N3O2S. The van der Waals surface area contributed by atoms with Gasteiger partial charge in [0, 0.05) is 36.6 Å². The van der Waals surface area contributed by atoms with Crippen molar-refractivity contribution in [1.29, 1.82) is 0 Å². The molecule has 0 radical (unpaired) electrons. The molecule has 6 heteroatoms. The van der Waals surface area contributed by atoms with Crippen LogP contribution in [0.15, 0.2) is 54.2 Å². The van der Waals surface area contributed by atoms with Gasteiger partial charge in [-0.1, -0.05) is 44.3 Å². The van der Waals surface area contributed by atoms with Gasteiger partial charge in [0.2, 0.25) is 0 Å². The summed E-state index contributed by atoms with van der Waals surface area (Å²) < 4.78 is 0. The summed E-state index contributed by atoms with van der Waals surface area (Å²) in [6.45, 7) is 9.47. The molecule has 1 aromatic carbocycles. The van der Waals surface area contributed by atoms with Crippen LogP contribution >= 0.6 is 11.8 Å². The number of amides is 1. The quantitative estimate of drug-likeness (QED) is 0.610. The Kier molecular flexibility index (Phi) is 7.57. The van der Waals surface area contributed by atoms with Crippen LogP contribution in [0.5, 0.6) is 5.75 Å². The number of carbonyl (C=O) groups is 1. The van der Waals surface area contributed by atoms with E-state index in [4.69, 9.17) is 0 Å². The molecule has 1 aromatic heterocycles. The number of aromatic nitrogens is 1. The maximum absolute atomic E-state index is 13.6. The molecule has 1 atom stereocenters. The van der Waals surface area contributed by atoms with E-state index >= 15 is 0 Å². The van der Waals surface area contributed by atoms with Crippen molar-refractivity contribution < 1.29 is 9.90 Å². The van der Waals surface area contributed by atoms with E-state index in [1.807, 2.05) is 63.3 Å². The number of aromatic hydroxyl groups is 1. The molecule has 1 unspecified atom stereocenters. The molecule has 1 saturated heterocycles. The van der Waals surface area contributed by atoms with Crippen LogP contribution in [-0.4, -0.2) is 53.0 Å². The fraction of sp³-hybridized carbons (Fsp3) is 0.360. The second-order valence-corrected chi connectivity index (χ2v) is 8.95. The van der Waals surface area contributed by atoms with Crippen molar-refractivity contribution in [3.8, 4) is 5.75 Å². The third-order valence-electron chi connectivity index (χ3n) is 5.51. The Labute approximate surface area is 189 Å². The molecule has 1 fully saturated rings. The van der Waals surface area contributed by atoms with Gasteiger partial charge in [-0.05, 0) is 61.8 Å². The number of thioether (sulfide) groups is 1. The number of phenolic OH excluding ortho intramolecular Hbond substituents is 1. The first-order valence-corrected chi connectivity index (χ1v) is 11.5. The molecular weight excluding hydrogens is 406 g/mol. The lowest BCUT2D eigenvalue weighted by molar-refractivity contribution is -0.126. The molecule has 0 saturated carbocycles. The normalized spacial score (nSPS) is 18.0. The van der Waals surface area contributed by atoms with E-state index in [0.29, 0.717) is 17.2 Å². The number of carbonyl (C=O) groups excluding carboxylic acids is 1. The van der Waals surface area contributed by atoms with Gasteiger partial charge in [0.25, 0.3) is 5.91 Å². The lowest BCUT2D eigenvalue weighted by Gasteiger charge is -2.24. The minimum Gasteiger partial charge on any atom is -0.507 e. The van der Waals surface area contributed by atoms with Gasteiger partial charge in [0.15, 0.2) is 0 Å². The van der Waals surface area contributed by atoms with Gasteiger partial charge in [0.1, 0.15) is 11.1 Å². The number of hydrogen-bond acceptors (Lipinski definition) is 5. The van der Waals surface area contributed by atoms with Crippen LogP contribution in [0.25, 0.3) is 5.57 Å². The largest absolute Gasteiger partial charge is 0.507 e. The predicted molar refractivity (Wildman–Crippen MR) is 129 cm³/mol. The van der Waals surface area contributed by atoms with Crippen molar-refractivity contribution in [3.63, 3.8) is 0 Å². The van der Waals surface area contributed by atoms with E-state index < -0.39 is 0 Å². The van der Waals surface area contributed by atoms with Gasteiger partial charge in [0.05, 0.1) is 4.91 Å². The average molecular weight is 438 g/mol. The number of benzene rings is 1. The lowest BCUT2D eigenvalue weighted by Crippen LogP contribution is -2.34. The van der Waals surface area contributed by atoms with Crippen molar-refractivity contribution >= 4 is 23.2 Å². The number of allylic oxidation sites excluding steroid dienone is 2. The Balaban J connectivity index is 2.10. The second-order valence-electron chi connectivity index (χ2n) is 7.86. The number of likely N-dealkylation sites (N-methyl/N-ethyl adjacent to an activating group) is 1. The Morgan fingerprint density at radius 3 is 2.48 bits per heavy atom. The molecule has 31 heavy (non-hydrogen) atoms. The minimum atomic E-state index is -0.125. The number of phenols is 1. The summed E-state index contributed by atoms with van der Waals surface area (Å²) in [4.78, 5) is 22.5. The molecule has 0 bridgehead atoms. The van der Waals surface area contributed by atoms with Crippen molar-refractivity contribution in [3.05, 3.63) is 76.5 Å². The van der Waals surface area contributed by atoms with E-state index in [9.17, 15) is 9.90 Å². The number of hydrogen-bond donors (Lipinski definition) is 1. The van der Waals surface area contributed by atoms with Crippen LogP contribution in [-0.2, 0) is 17.6 Å². The first kappa shape index (κ1) is 23.1. The fourth-order valence-corrected chi connectivity index (χ4v) is 5.11. The maximum atomic E-state index is 13.6. The van der Waals surface area contributed by atoms with Gasteiger partial charge in [-0.15, -0.1) is 0 Å². The van der Waals surface area contributed by atoms with Crippen molar-refractivity contribution in [2.45, 2.75) is 32.1 Å². The highest BCUT2D eigenvalue weighted by Gasteiger charge is 2.38. The highest BCUT2D eigenvalue weighted by molar-refractivity contribution is 8.04. The molecule has 1 aliphatic heterocycles. The molecule has 1 aliphatic rings. The van der Waals surface area contributed by atoms with Crippen LogP contribution in [0.1, 0.15) is 41.5 Å². The second kappa shape index (κ2) is 10.2. The van der Waals surface area contributed by atoms with Gasteiger partial charge < -0.3 is 14.9 Å². The van der Waals surface area contributed by atoms with Crippen LogP contribution in [0.2, 0.25) is 0 Å². The van der Waals surface area contributed by atoms with Gasteiger partial charge in [-0.3, -0.25) is 9.78 Å². The third-order valence-corrected chi connectivity index (χ3v) is 6.89. The molecule has 2 aromatic rings. The molecule has 0 aliphatic carbocycles. The highest BCUT2D eigenvalue weighted by Crippen LogP contribution is 2.48. The van der Waals surface area contributed by atoms with Crippen molar-refractivity contribution in [2.24, 2.45) is 0 Å². The summed E-state index contributed by atoms with van der Waals surface area (Å²) in [5.74, 6) is 0.369. The zero-order valence-corrected chi connectivity index (χ0v) is 19.6. The first-order chi connectivity index (χ1) is 14.9. The zero-order valence-electron chi connectivity index (χ0n) is 18.8. The Bertz CT molecular complexity index is 961. The van der Waals surface area contributed by atoms with Gasteiger partial charge >= 0.3 is 0 Å². The Morgan fingerprint density at radius 2 is 1.97 bits per heavy atom. The fourth-order valence-electron chi connectivity index (χ4n) is 3.73. The summed E-state index contributed by atoms with van der Waals surface area (Å²) in [6, 6.07) is 7.88. The number of aryl methyl sites for hydroxylation is 2. The number of pyridine rings is 1. The summed E-state index contributed by atoms with van der Waals surface area (Å²) in [6.07, 6.45) is 6.79. The average Bonchev–Trinajstić information content (AvgIpc) is 3.10. The monoisotopic (exact) mass is 437 g/mol.